The molecule has 7 heteroatoms. The van der Waals surface area contributed by atoms with Crippen molar-refractivity contribution in [3.05, 3.63) is 71.8 Å². The van der Waals surface area contributed by atoms with Gasteiger partial charge in [-0.3, -0.25) is 9.59 Å². The van der Waals surface area contributed by atoms with Gasteiger partial charge in [-0.25, -0.2) is 9.59 Å². The molecule has 10 atom stereocenters. The number of carbonyl (C=O) groups is 4. The Bertz CT molecular complexity index is 1440. The Hall–Kier alpha value is -3.48. The SMILES string of the molecule is COC(=O)CCC(C)C1CCC2C3C(C[C@H](OC(=O)c4ccccc4)[C@]12C)[C@@]1(C)CCC(=O)C[C@H]1C[C@H]3OC(=O)c1ccccc1. The first-order valence-electron chi connectivity index (χ1n) is 17.2. The molecule has 0 saturated heterocycles. The monoisotopic (exact) mass is 628 g/mol. The molecule has 246 valence electrons. The van der Waals surface area contributed by atoms with E-state index in [1.165, 1.54) is 7.11 Å². The van der Waals surface area contributed by atoms with E-state index in [-0.39, 0.29) is 82.2 Å². The van der Waals surface area contributed by atoms with E-state index in [9.17, 15) is 19.2 Å². The Balaban J connectivity index is 1.39. The summed E-state index contributed by atoms with van der Waals surface area (Å²) in [6, 6.07) is 18.3. The number of Topliss-reactive ketones (excluding diaryl/α,β-unsaturated/α-hetero) is 1. The Labute approximate surface area is 272 Å². The molecule has 0 bridgehead atoms. The number of fused-ring (bicyclic) bond motifs is 5. The molecular formula is C39H48O7. The number of methoxy groups -OCH3 is 1. The predicted octanol–water partition coefficient (Wildman–Crippen LogP) is 7.47. The number of hydrogen-bond acceptors (Lipinski definition) is 7. The van der Waals surface area contributed by atoms with Crippen LogP contribution in [0.15, 0.2) is 60.7 Å². The third-order valence-corrected chi connectivity index (χ3v) is 12.9. The van der Waals surface area contributed by atoms with Crippen LogP contribution in [-0.2, 0) is 23.8 Å². The van der Waals surface area contributed by atoms with Crippen LogP contribution in [0, 0.1) is 46.3 Å². The van der Waals surface area contributed by atoms with Gasteiger partial charge in [0.25, 0.3) is 0 Å². The molecule has 2 aromatic rings. The molecule has 46 heavy (non-hydrogen) atoms. The highest BCUT2D eigenvalue weighted by Gasteiger charge is 2.67. The lowest BCUT2D eigenvalue weighted by molar-refractivity contribution is -0.201. The van der Waals surface area contributed by atoms with Crippen molar-refractivity contribution in [1.82, 2.24) is 0 Å². The molecule has 4 fully saturated rings. The maximum absolute atomic E-state index is 13.7. The predicted molar refractivity (Wildman–Crippen MR) is 173 cm³/mol. The van der Waals surface area contributed by atoms with Gasteiger partial charge < -0.3 is 14.2 Å². The Morgan fingerprint density at radius 1 is 0.870 bits per heavy atom. The third kappa shape index (κ3) is 5.79. The van der Waals surface area contributed by atoms with Crippen molar-refractivity contribution >= 4 is 23.7 Å². The smallest absolute Gasteiger partial charge is 0.338 e. The van der Waals surface area contributed by atoms with Gasteiger partial charge >= 0.3 is 17.9 Å². The molecule has 2 aromatic carbocycles. The van der Waals surface area contributed by atoms with E-state index in [0.29, 0.717) is 49.7 Å². The number of ether oxygens (including phenoxy) is 3. The highest BCUT2D eigenvalue weighted by atomic mass is 16.6. The zero-order chi connectivity index (χ0) is 32.6. The summed E-state index contributed by atoms with van der Waals surface area (Å²) in [5.74, 6) is 0.295. The topological polar surface area (TPSA) is 96.0 Å². The largest absolute Gasteiger partial charge is 0.469 e. The molecule has 0 heterocycles. The van der Waals surface area contributed by atoms with Crippen LogP contribution >= 0.6 is 0 Å². The van der Waals surface area contributed by atoms with Crippen LogP contribution in [0.3, 0.4) is 0 Å². The first-order valence-corrected chi connectivity index (χ1v) is 17.2. The highest BCUT2D eigenvalue weighted by Crippen LogP contribution is 2.69. The van der Waals surface area contributed by atoms with E-state index in [2.05, 4.69) is 20.8 Å². The standard InChI is InChI=1S/C39H48O7/c1-24(15-18-34(41)44-4)29-16-17-30-35-31(23-33(39(29,30)3)46-37(43)26-13-9-6-10-14-26)38(2)20-19-28(40)21-27(38)22-32(35)45-36(42)25-11-7-5-8-12-25/h5-14,24,27,29-33,35H,15-23H2,1-4H3/t24?,27-,29?,30?,31?,32+,33-,35?,38-,39+/m0/s1. The fourth-order valence-corrected chi connectivity index (χ4v) is 10.4. The average molecular weight is 629 g/mol. The summed E-state index contributed by atoms with van der Waals surface area (Å²) in [6.07, 6.45) is 5.45. The molecule has 0 aromatic heterocycles. The summed E-state index contributed by atoms with van der Waals surface area (Å²) >= 11 is 0. The van der Waals surface area contributed by atoms with Crippen molar-refractivity contribution in [1.29, 1.82) is 0 Å². The normalized spacial score (nSPS) is 35.6. The van der Waals surface area contributed by atoms with Gasteiger partial charge in [0.05, 0.1) is 18.2 Å². The Morgan fingerprint density at radius 2 is 1.50 bits per heavy atom. The molecule has 0 N–H and O–H groups in total. The number of benzene rings is 2. The lowest BCUT2D eigenvalue weighted by Crippen LogP contribution is -2.63. The Kier molecular flexibility index (Phi) is 9.15. The van der Waals surface area contributed by atoms with E-state index in [1.807, 2.05) is 36.4 Å². The maximum Gasteiger partial charge on any atom is 0.338 e. The lowest BCUT2D eigenvalue weighted by atomic mass is 9.43. The van der Waals surface area contributed by atoms with Gasteiger partial charge in [-0.2, -0.15) is 0 Å². The van der Waals surface area contributed by atoms with Gasteiger partial charge in [0.2, 0.25) is 0 Å². The van der Waals surface area contributed by atoms with Crippen LogP contribution in [0.25, 0.3) is 0 Å². The lowest BCUT2D eigenvalue weighted by Gasteiger charge is -2.63. The van der Waals surface area contributed by atoms with Gasteiger partial charge in [-0.05, 0) is 97.8 Å². The van der Waals surface area contributed by atoms with Crippen molar-refractivity contribution in [2.75, 3.05) is 7.11 Å². The first-order chi connectivity index (χ1) is 22.1. The van der Waals surface area contributed by atoms with E-state index < -0.39 is 0 Å². The van der Waals surface area contributed by atoms with E-state index in [0.717, 1.165) is 19.3 Å². The third-order valence-electron chi connectivity index (χ3n) is 12.9. The summed E-state index contributed by atoms with van der Waals surface area (Å²) in [7, 11) is 1.42. The van der Waals surface area contributed by atoms with Crippen molar-refractivity contribution in [3.8, 4) is 0 Å². The molecular weight excluding hydrogens is 580 g/mol. The summed E-state index contributed by atoms with van der Waals surface area (Å²) in [5, 5.41) is 0. The zero-order valence-corrected chi connectivity index (χ0v) is 27.6. The number of esters is 3. The quantitative estimate of drug-likeness (QED) is 0.221. The zero-order valence-electron chi connectivity index (χ0n) is 27.6. The van der Waals surface area contributed by atoms with Crippen LogP contribution in [0.2, 0.25) is 0 Å². The second-order valence-electron chi connectivity index (χ2n) is 14.9. The molecule has 0 radical (unpaired) electrons. The molecule has 6 rings (SSSR count). The van der Waals surface area contributed by atoms with Gasteiger partial charge in [-0.1, -0.05) is 57.2 Å². The fourth-order valence-electron chi connectivity index (χ4n) is 10.4. The highest BCUT2D eigenvalue weighted by molar-refractivity contribution is 5.90. The van der Waals surface area contributed by atoms with E-state index in [1.54, 1.807) is 24.3 Å². The number of ketones is 1. The van der Waals surface area contributed by atoms with Crippen LogP contribution in [-0.4, -0.2) is 43.0 Å². The molecule has 0 spiro atoms. The van der Waals surface area contributed by atoms with Crippen LogP contribution in [0.5, 0.6) is 0 Å². The minimum Gasteiger partial charge on any atom is -0.469 e. The van der Waals surface area contributed by atoms with Crippen molar-refractivity contribution in [3.63, 3.8) is 0 Å². The molecule has 0 amide bonds. The van der Waals surface area contributed by atoms with Gasteiger partial charge in [0.15, 0.2) is 0 Å². The van der Waals surface area contributed by atoms with E-state index >= 15 is 0 Å². The second kappa shape index (κ2) is 13.0. The van der Waals surface area contributed by atoms with Crippen LogP contribution < -0.4 is 0 Å². The van der Waals surface area contributed by atoms with Crippen molar-refractivity contribution in [2.24, 2.45) is 46.3 Å². The van der Waals surface area contributed by atoms with E-state index in [4.69, 9.17) is 14.2 Å². The van der Waals surface area contributed by atoms with Gasteiger partial charge in [-0.15, -0.1) is 0 Å². The maximum atomic E-state index is 13.7. The minimum absolute atomic E-state index is 0.0802. The summed E-state index contributed by atoms with van der Waals surface area (Å²) in [4.78, 5) is 52.2. The molecule has 4 aliphatic rings. The number of rotatable bonds is 8. The van der Waals surface area contributed by atoms with Crippen LogP contribution in [0.1, 0.15) is 99.3 Å². The molecule has 4 saturated carbocycles. The second-order valence-corrected chi connectivity index (χ2v) is 14.9. The summed E-state index contributed by atoms with van der Waals surface area (Å²) < 4.78 is 18.0. The van der Waals surface area contributed by atoms with Crippen molar-refractivity contribution in [2.45, 2.75) is 90.8 Å². The van der Waals surface area contributed by atoms with Gasteiger partial charge in [0, 0.05) is 30.6 Å². The molecule has 0 aliphatic heterocycles. The molecule has 5 unspecified atom stereocenters. The summed E-state index contributed by atoms with van der Waals surface area (Å²) in [5.41, 5.74) is 0.554. The average Bonchev–Trinajstić information content (AvgIpc) is 3.43. The first kappa shape index (κ1) is 32.5. The molecule has 4 aliphatic carbocycles. The summed E-state index contributed by atoms with van der Waals surface area (Å²) in [6.45, 7) is 6.83. The van der Waals surface area contributed by atoms with Crippen molar-refractivity contribution < 1.29 is 33.4 Å². The van der Waals surface area contributed by atoms with Gasteiger partial charge in [0.1, 0.15) is 18.0 Å². The number of hydrogen-bond donors (Lipinski definition) is 0. The molecule has 7 nitrogen and oxygen atoms in total. The number of carbonyl (C=O) groups excluding carboxylic acids is 4. The van der Waals surface area contributed by atoms with Crippen LogP contribution in [0.4, 0.5) is 0 Å². The fraction of sp³-hybridized carbons (Fsp3) is 0.590. The Morgan fingerprint density at radius 3 is 2.13 bits per heavy atom. The minimum atomic E-state index is -0.383.